The van der Waals surface area contributed by atoms with Crippen molar-refractivity contribution in [3.05, 3.63) is 81.4 Å². The molecule has 14 heteroatoms. The quantitative estimate of drug-likeness (QED) is 0.114. The van der Waals surface area contributed by atoms with Gasteiger partial charge in [0.05, 0.1) is 38.2 Å². The van der Waals surface area contributed by atoms with Crippen LogP contribution in [0.15, 0.2) is 70.9 Å². The van der Waals surface area contributed by atoms with Gasteiger partial charge in [-0.05, 0) is 30.3 Å². The van der Waals surface area contributed by atoms with E-state index in [0.29, 0.717) is 39.4 Å². The lowest BCUT2D eigenvalue weighted by atomic mass is 10.1. The van der Waals surface area contributed by atoms with Gasteiger partial charge < -0.3 is 14.2 Å². The first kappa shape index (κ1) is 28.4. The number of nitro benzene ring substituents is 1. The first-order valence-electron chi connectivity index (χ1n) is 11.6. The van der Waals surface area contributed by atoms with Crippen molar-refractivity contribution in [1.29, 1.82) is 0 Å². The Morgan fingerprint density at radius 3 is 2.40 bits per heavy atom. The van der Waals surface area contributed by atoms with Crippen molar-refractivity contribution in [2.75, 3.05) is 27.1 Å². The van der Waals surface area contributed by atoms with Crippen LogP contribution in [0, 0.1) is 10.1 Å². The fourth-order valence-electron chi connectivity index (χ4n) is 3.65. The summed E-state index contributed by atoms with van der Waals surface area (Å²) in [5, 5.41) is 24.3. The van der Waals surface area contributed by atoms with Crippen LogP contribution in [-0.4, -0.2) is 58.9 Å². The molecule has 1 amide bonds. The fraction of sp³-hybridized carbons (Fsp3) is 0.154. The number of rotatable bonds is 11. The van der Waals surface area contributed by atoms with Crippen molar-refractivity contribution in [2.45, 2.75) is 5.16 Å². The number of hydrogen-bond acceptors (Lipinski definition) is 10. The van der Waals surface area contributed by atoms with Gasteiger partial charge in [-0.25, -0.2) is 5.43 Å². The van der Waals surface area contributed by atoms with Gasteiger partial charge in [0, 0.05) is 34.0 Å². The van der Waals surface area contributed by atoms with E-state index in [1.807, 2.05) is 34.9 Å². The number of methoxy groups -OCH3 is 3. The minimum Gasteiger partial charge on any atom is -0.493 e. The molecule has 4 aromatic rings. The molecule has 0 aliphatic heterocycles. The van der Waals surface area contributed by atoms with Gasteiger partial charge in [0.2, 0.25) is 5.75 Å². The summed E-state index contributed by atoms with van der Waals surface area (Å²) in [7, 11) is 4.57. The number of thioether (sulfide) groups is 1. The molecule has 0 bridgehead atoms. The minimum atomic E-state index is -0.544. The number of nitro groups is 1. The van der Waals surface area contributed by atoms with Gasteiger partial charge in [0.1, 0.15) is 0 Å². The molecule has 0 aliphatic rings. The zero-order valence-corrected chi connectivity index (χ0v) is 23.1. The van der Waals surface area contributed by atoms with Gasteiger partial charge >= 0.3 is 0 Å². The zero-order valence-electron chi connectivity index (χ0n) is 21.5. The Kier molecular flexibility index (Phi) is 9.19. The van der Waals surface area contributed by atoms with Crippen LogP contribution in [0.5, 0.6) is 17.2 Å². The van der Waals surface area contributed by atoms with Crippen molar-refractivity contribution in [2.24, 2.45) is 5.10 Å². The standard InChI is InChI=1S/C26H23ClN6O6S/c1-37-21-12-16(13-22(38-2)24(21)39-3)25-30-31-26(32(25)18-7-5-4-6-8-18)40-15-23(34)29-28-14-17-11-19(33(35)36)9-10-20(17)27/h4-14H,15H2,1-3H3,(H,29,34). The summed E-state index contributed by atoms with van der Waals surface area (Å²) < 4.78 is 18.2. The zero-order chi connectivity index (χ0) is 28.6. The summed E-state index contributed by atoms with van der Waals surface area (Å²) in [6, 6.07) is 16.9. The number of nitrogens with zero attached hydrogens (tertiary/aromatic N) is 5. The fourth-order valence-corrected chi connectivity index (χ4v) is 4.56. The van der Waals surface area contributed by atoms with E-state index in [4.69, 9.17) is 25.8 Å². The van der Waals surface area contributed by atoms with Gasteiger partial charge in [0.25, 0.3) is 11.6 Å². The molecule has 0 aliphatic carbocycles. The molecule has 0 radical (unpaired) electrons. The average Bonchev–Trinajstić information content (AvgIpc) is 3.40. The average molecular weight is 583 g/mol. The lowest BCUT2D eigenvalue weighted by molar-refractivity contribution is -0.384. The largest absolute Gasteiger partial charge is 0.493 e. The van der Waals surface area contributed by atoms with Crippen molar-refractivity contribution in [3.8, 4) is 34.3 Å². The highest BCUT2D eigenvalue weighted by Gasteiger charge is 2.21. The molecule has 1 heterocycles. The predicted molar refractivity (Wildman–Crippen MR) is 151 cm³/mol. The highest BCUT2D eigenvalue weighted by atomic mass is 35.5. The Hall–Kier alpha value is -4.62. The number of hydrazone groups is 1. The molecule has 1 aromatic heterocycles. The van der Waals surface area contributed by atoms with Crippen LogP contribution in [0.2, 0.25) is 5.02 Å². The smallest absolute Gasteiger partial charge is 0.270 e. The summed E-state index contributed by atoms with van der Waals surface area (Å²) in [5.74, 6) is 1.37. The maximum atomic E-state index is 12.5. The van der Waals surface area contributed by atoms with Crippen LogP contribution in [0.4, 0.5) is 5.69 Å². The number of halogens is 1. The van der Waals surface area contributed by atoms with Crippen molar-refractivity contribution in [1.82, 2.24) is 20.2 Å². The molecule has 0 saturated carbocycles. The van der Waals surface area contributed by atoms with Crippen molar-refractivity contribution < 1.29 is 23.9 Å². The van der Waals surface area contributed by atoms with Crippen LogP contribution in [-0.2, 0) is 4.79 Å². The number of para-hydroxylation sites is 1. The summed E-state index contributed by atoms with van der Waals surface area (Å²) in [6.07, 6.45) is 1.24. The van der Waals surface area contributed by atoms with Crippen LogP contribution < -0.4 is 19.6 Å². The number of hydrogen-bond donors (Lipinski definition) is 1. The molecule has 0 atom stereocenters. The summed E-state index contributed by atoms with van der Waals surface area (Å²) >= 11 is 7.22. The third-order valence-electron chi connectivity index (χ3n) is 5.49. The number of amides is 1. The van der Waals surface area contributed by atoms with Crippen molar-refractivity contribution >= 4 is 41.2 Å². The maximum absolute atomic E-state index is 12.5. The Balaban J connectivity index is 1.57. The lowest BCUT2D eigenvalue weighted by Crippen LogP contribution is -2.20. The van der Waals surface area contributed by atoms with Crippen LogP contribution in [0.3, 0.4) is 0 Å². The summed E-state index contributed by atoms with van der Waals surface area (Å²) in [5.41, 5.74) is 3.97. The molecular weight excluding hydrogens is 560 g/mol. The van der Waals surface area contributed by atoms with E-state index >= 15 is 0 Å². The third-order valence-corrected chi connectivity index (χ3v) is 6.76. The second-order valence-electron chi connectivity index (χ2n) is 7.94. The number of carbonyl (C=O) groups is 1. The Morgan fingerprint density at radius 2 is 1.77 bits per heavy atom. The SMILES string of the molecule is COc1cc(-c2nnc(SCC(=O)NN=Cc3cc([N+](=O)[O-])ccc3Cl)n2-c2ccccc2)cc(OC)c1OC. The number of aromatic nitrogens is 3. The molecule has 0 unspecified atom stereocenters. The van der Waals surface area contributed by atoms with E-state index < -0.39 is 10.8 Å². The normalized spacial score (nSPS) is 10.9. The van der Waals surface area contributed by atoms with Crippen LogP contribution in [0.1, 0.15) is 5.56 Å². The van der Waals surface area contributed by atoms with Crippen LogP contribution in [0.25, 0.3) is 17.1 Å². The highest BCUT2D eigenvalue weighted by Crippen LogP contribution is 2.41. The number of benzene rings is 3. The predicted octanol–water partition coefficient (Wildman–Crippen LogP) is 4.76. The topological polar surface area (TPSA) is 143 Å². The second-order valence-corrected chi connectivity index (χ2v) is 9.29. The highest BCUT2D eigenvalue weighted by molar-refractivity contribution is 7.99. The summed E-state index contributed by atoms with van der Waals surface area (Å²) in [6.45, 7) is 0. The van der Waals surface area contributed by atoms with E-state index in [9.17, 15) is 14.9 Å². The third kappa shape index (κ3) is 6.33. The molecule has 206 valence electrons. The van der Waals surface area contributed by atoms with Crippen molar-refractivity contribution in [3.63, 3.8) is 0 Å². The Morgan fingerprint density at radius 1 is 1.07 bits per heavy atom. The minimum absolute atomic E-state index is 0.0414. The van der Waals surface area contributed by atoms with Gasteiger partial charge in [-0.1, -0.05) is 41.6 Å². The second kappa shape index (κ2) is 13.0. The summed E-state index contributed by atoms with van der Waals surface area (Å²) in [4.78, 5) is 23.0. The molecule has 3 aromatic carbocycles. The molecule has 0 spiro atoms. The van der Waals surface area contributed by atoms with E-state index in [1.165, 1.54) is 45.7 Å². The number of non-ortho nitro benzene ring substituents is 1. The molecule has 12 nitrogen and oxygen atoms in total. The first-order valence-corrected chi connectivity index (χ1v) is 12.9. The first-order chi connectivity index (χ1) is 19.4. The van der Waals surface area contributed by atoms with E-state index in [0.717, 1.165) is 17.4 Å². The Labute approximate surface area is 238 Å². The number of nitrogens with one attached hydrogen (secondary N) is 1. The van der Waals surface area contributed by atoms with Crippen LogP contribution >= 0.6 is 23.4 Å². The van der Waals surface area contributed by atoms with Gasteiger partial charge in [0.15, 0.2) is 22.5 Å². The lowest BCUT2D eigenvalue weighted by Gasteiger charge is -2.15. The van der Waals surface area contributed by atoms with E-state index in [1.54, 1.807) is 12.1 Å². The van der Waals surface area contributed by atoms with E-state index in [-0.39, 0.29) is 16.5 Å². The Bertz CT molecular complexity index is 1540. The molecule has 0 saturated heterocycles. The van der Waals surface area contributed by atoms with Gasteiger partial charge in [-0.2, -0.15) is 5.10 Å². The molecule has 0 fully saturated rings. The molecule has 1 N–H and O–H groups in total. The van der Waals surface area contributed by atoms with Gasteiger partial charge in [-0.15, -0.1) is 10.2 Å². The molecule has 4 rings (SSSR count). The maximum Gasteiger partial charge on any atom is 0.270 e. The van der Waals surface area contributed by atoms with E-state index in [2.05, 4.69) is 20.7 Å². The number of carbonyl (C=O) groups excluding carboxylic acids is 1. The molecular formula is C26H23ClN6O6S. The van der Waals surface area contributed by atoms with Gasteiger partial charge in [-0.3, -0.25) is 19.5 Å². The monoisotopic (exact) mass is 582 g/mol. The molecule has 40 heavy (non-hydrogen) atoms. The number of ether oxygens (including phenoxy) is 3.